The van der Waals surface area contributed by atoms with Gasteiger partial charge in [0.1, 0.15) is 11.4 Å². The molecule has 0 unspecified atom stereocenters. The first-order valence-corrected chi connectivity index (χ1v) is 10.3. The highest BCUT2D eigenvalue weighted by molar-refractivity contribution is 5.92. The zero-order chi connectivity index (χ0) is 22.1. The van der Waals surface area contributed by atoms with Crippen LogP contribution in [0.25, 0.3) is 0 Å². The van der Waals surface area contributed by atoms with Gasteiger partial charge in [0.05, 0.1) is 25.6 Å². The van der Waals surface area contributed by atoms with Crippen molar-refractivity contribution in [2.24, 2.45) is 0 Å². The molecule has 0 bridgehead atoms. The number of nitrogens with zero attached hydrogens (tertiary/aromatic N) is 5. The third-order valence-corrected chi connectivity index (χ3v) is 5.29. The van der Waals surface area contributed by atoms with Crippen molar-refractivity contribution in [3.8, 4) is 5.75 Å². The van der Waals surface area contributed by atoms with Gasteiger partial charge < -0.3 is 24.2 Å². The van der Waals surface area contributed by atoms with Gasteiger partial charge in [-0.2, -0.15) is 0 Å². The maximum Gasteiger partial charge on any atom is 0.274 e. The number of ether oxygens (including phenoxy) is 2. The Hall–Kier alpha value is -3.20. The molecule has 1 aromatic heterocycles. The minimum absolute atomic E-state index is 0.0361. The lowest BCUT2D eigenvalue weighted by atomic mass is 10.2. The van der Waals surface area contributed by atoms with Crippen LogP contribution in [-0.4, -0.2) is 91.7 Å². The number of rotatable bonds is 9. The molecule has 2 amide bonds. The number of carbonyl (C=O) groups is 2. The molecule has 1 saturated heterocycles. The van der Waals surface area contributed by atoms with Gasteiger partial charge in [-0.25, -0.2) is 4.98 Å². The summed E-state index contributed by atoms with van der Waals surface area (Å²) >= 11 is 0. The van der Waals surface area contributed by atoms with Gasteiger partial charge in [-0.3, -0.25) is 14.6 Å². The number of benzene rings is 1. The summed E-state index contributed by atoms with van der Waals surface area (Å²) in [6.07, 6.45) is 4.68. The molecule has 9 nitrogen and oxygen atoms in total. The van der Waals surface area contributed by atoms with Gasteiger partial charge in [0.25, 0.3) is 5.91 Å². The normalized spacial score (nSPS) is 13.7. The highest BCUT2D eigenvalue weighted by atomic mass is 16.5. The number of piperazine rings is 1. The number of carbonyl (C=O) groups excluding carboxylic acids is 2. The van der Waals surface area contributed by atoms with Crippen molar-refractivity contribution in [1.82, 2.24) is 19.8 Å². The predicted octanol–water partition coefficient (Wildman–Crippen LogP) is 1.31. The predicted molar refractivity (Wildman–Crippen MR) is 116 cm³/mol. The first kappa shape index (κ1) is 22.5. The number of anilines is 1. The van der Waals surface area contributed by atoms with Gasteiger partial charge in [-0.05, 0) is 12.1 Å². The molecule has 166 valence electrons. The van der Waals surface area contributed by atoms with E-state index in [0.717, 1.165) is 24.5 Å². The van der Waals surface area contributed by atoms with Crippen LogP contribution in [0.4, 0.5) is 5.69 Å². The second-order valence-electron chi connectivity index (χ2n) is 7.17. The van der Waals surface area contributed by atoms with Gasteiger partial charge in [0, 0.05) is 65.2 Å². The molecule has 0 radical (unpaired) electrons. The largest absolute Gasteiger partial charge is 0.495 e. The number of hydrogen-bond donors (Lipinski definition) is 0. The van der Waals surface area contributed by atoms with Gasteiger partial charge >= 0.3 is 0 Å². The fraction of sp³-hybridized carbons (Fsp3) is 0.455. The van der Waals surface area contributed by atoms with Crippen molar-refractivity contribution in [2.45, 2.75) is 6.42 Å². The molecule has 31 heavy (non-hydrogen) atoms. The lowest BCUT2D eigenvalue weighted by Gasteiger charge is -2.37. The van der Waals surface area contributed by atoms with Gasteiger partial charge in [-0.1, -0.05) is 12.1 Å². The van der Waals surface area contributed by atoms with E-state index in [-0.39, 0.29) is 23.9 Å². The number of methoxy groups -OCH3 is 2. The second-order valence-corrected chi connectivity index (χ2v) is 7.17. The van der Waals surface area contributed by atoms with Crippen molar-refractivity contribution in [3.05, 3.63) is 48.5 Å². The Kier molecular flexibility index (Phi) is 8.17. The molecule has 9 heteroatoms. The molecule has 1 aliphatic heterocycles. The number of aromatic nitrogens is 2. The zero-order valence-corrected chi connectivity index (χ0v) is 18.1. The third-order valence-electron chi connectivity index (χ3n) is 5.29. The van der Waals surface area contributed by atoms with Crippen LogP contribution in [-0.2, 0) is 9.53 Å². The van der Waals surface area contributed by atoms with Gasteiger partial charge in [0.2, 0.25) is 5.91 Å². The van der Waals surface area contributed by atoms with Crippen LogP contribution < -0.4 is 9.64 Å². The lowest BCUT2D eigenvalue weighted by molar-refractivity contribution is -0.131. The number of para-hydroxylation sites is 2. The van der Waals surface area contributed by atoms with E-state index in [4.69, 9.17) is 9.47 Å². The van der Waals surface area contributed by atoms with Crippen LogP contribution in [0.1, 0.15) is 16.9 Å². The van der Waals surface area contributed by atoms with Crippen molar-refractivity contribution in [1.29, 1.82) is 0 Å². The van der Waals surface area contributed by atoms with Crippen molar-refractivity contribution < 1.29 is 19.1 Å². The molecule has 2 heterocycles. The van der Waals surface area contributed by atoms with Crippen molar-refractivity contribution >= 4 is 17.5 Å². The third kappa shape index (κ3) is 5.91. The Bertz CT molecular complexity index is 856. The molecule has 0 saturated carbocycles. The molecule has 2 aromatic rings. The Balaban J connectivity index is 1.54. The first-order valence-electron chi connectivity index (χ1n) is 10.3. The Morgan fingerprint density at radius 2 is 1.84 bits per heavy atom. The average Bonchev–Trinajstić information content (AvgIpc) is 2.84. The van der Waals surface area contributed by atoms with E-state index in [9.17, 15) is 9.59 Å². The van der Waals surface area contributed by atoms with E-state index in [2.05, 4.69) is 14.9 Å². The first-order chi connectivity index (χ1) is 15.1. The summed E-state index contributed by atoms with van der Waals surface area (Å²) in [4.78, 5) is 39.2. The maximum atomic E-state index is 12.8. The Labute approximate surface area is 182 Å². The molecule has 0 aliphatic carbocycles. The Morgan fingerprint density at radius 1 is 1.06 bits per heavy atom. The highest BCUT2D eigenvalue weighted by Gasteiger charge is 2.24. The van der Waals surface area contributed by atoms with Crippen LogP contribution >= 0.6 is 0 Å². The molecule has 1 fully saturated rings. The van der Waals surface area contributed by atoms with Crippen LogP contribution in [0.3, 0.4) is 0 Å². The molecular weight excluding hydrogens is 398 g/mol. The Morgan fingerprint density at radius 3 is 2.52 bits per heavy atom. The fourth-order valence-corrected chi connectivity index (χ4v) is 3.56. The topological polar surface area (TPSA) is 88.1 Å². The van der Waals surface area contributed by atoms with Crippen molar-refractivity contribution in [3.63, 3.8) is 0 Å². The van der Waals surface area contributed by atoms with Gasteiger partial charge in [-0.15, -0.1) is 0 Å². The van der Waals surface area contributed by atoms with E-state index in [0.29, 0.717) is 32.8 Å². The lowest BCUT2D eigenvalue weighted by Crippen LogP contribution is -2.49. The summed E-state index contributed by atoms with van der Waals surface area (Å²) in [5.41, 5.74) is 1.30. The number of amides is 2. The second kappa shape index (κ2) is 11.3. The van der Waals surface area contributed by atoms with Crippen molar-refractivity contribution in [2.75, 3.05) is 65.0 Å². The number of hydrogen-bond acceptors (Lipinski definition) is 7. The molecule has 1 aliphatic rings. The summed E-state index contributed by atoms with van der Waals surface area (Å²) in [7, 11) is 3.24. The van der Waals surface area contributed by atoms with E-state index >= 15 is 0 Å². The quantitative estimate of drug-likeness (QED) is 0.596. The summed E-state index contributed by atoms with van der Waals surface area (Å²) in [5.74, 6) is 0.617. The van der Waals surface area contributed by atoms with E-state index in [1.807, 2.05) is 29.2 Å². The zero-order valence-electron chi connectivity index (χ0n) is 18.1. The molecule has 0 N–H and O–H groups in total. The van der Waals surface area contributed by atoms with Crippen LogP contribution in [0.2, 0.25) is 0 Å². The molecule has 1 aromatic carbocycles. The van der Waals surface area contributed by atoms with E-state index < -0.39 is 0 Å². The summed E-state index contributed by atoms with van der Waals surface area (Å²) in [6, 6.07) is 7.90. The van der Waals surface area contributed by atoms with Gasteiger partial charge in [0.15, 0.2) is 0 Å². The molecule has 0 spiro atoms. The maximum absolute atomic E-state index is 12.8. The highest BCUT2D eigenvalue weighted by Crippen LogP contribution is 2.28. The van der Waals surface area contributed by atoms with E-state index in [1.54, 1.807) is 19.1 Å². The van der Waals surface area contributed by atoms with E-state index in [1.165, 1.54) is 18.6 Å². The van der Waals surface area contributed by atoms with Crippen LogP contribution in [0.15, 0.2) is 42.9 Å². The van der Waals surface area contributed by atoms with Crippen LogP contribution in [0, 0.1) is 0 Å². The minimum atomic E-state index is -0.251. The summed E-state index contributed by atoms with van der Waals surface area (Å²) in [5, 5.41) is 0. The average molecular weight is 428 g/mol. The standard InChI is InChI=1S/C22H29N5O4/c1-30-16-15-27(22(29)18-17-23-8-9-24-18)10-7-21(28)26-13-11-25(12-14-26)19-5-3-4-6-20(19)31-2/h3-6,8-9,17H,7,10-16H2,1-2H3. The molecule has 3 rings (SSSR count). The SMILES string of the molecule is COCCN(CCC(=O)N1CCN(c2ccccc2OC)CC1)C(=O)c1cnccn1. The smallest absolute Gasteiger partial charge is 0.274 e. The fourth-order valence-electron chi connectivity index (χ4n) is 3.56. The molecule has 0 atom stereocenters. The molecular formula is C22H29N5O4. The van der Waals surface area contributed by atoms with Crippen LogP contribution in [0.5, 0.6) is 5.75 Å². The summed E-state index contributed by atoms with van der Waals surface area (Å²) < 4.78 is 10.6. The monoisotopic (exact) mass is 427 g/mol. The summed E-state index contributed by atoms with van der Waals surface area (Å²) in [6.45, 7) is 3.82. The minimum Gasteiger partial charge on any atom is -0.495 e.